The number of nitrogens with zero attached hydrogens (tertiary/aromatic N) is 1. The van der Waals surface area contributed by atoms with Gasteiger partial charge in [0.1, 0.15) is 0 Å². The predicted molar refractivity (Wildman–Crippen MR) is 52.0 cm³/mol. The standard InChI is InChI=1S/C10H16N2O/c1-4-8(2)11-10(13)9-5-6-12(3)7-9/h1,8-9H,5-7H2,2-3H3,(H,11,13). The molecule has 1 amide bonds. The van der Waals surface area contributed by atoms with Crippen molar-refractivity contribution < 1.29 is 4.79 Å². The quantitative estimate of drug-likeness (QED) is 0.610. The van der Waals surface area contributed by atoms with Gasteiger partial charge in [0, 0.05) is 6.54 Å². The Balaban J connectivity index is 2.37. The Morgan fingerprint density at radius 3 is 2.92 bits per heavy atom. The molecule has 1 heterocycles. The van der Waals surface area contributed by atoms with Crippen LogP contribution >= 0.6 is 0 Å². The lowest BCUT2D eigenvalue weighted by atomic mass is 10.1. The number of terminal acetylenes is 1. The maximum atomic E-state index is 11.5. The highest BCUT2D eigenvalue weighted by Gasteiger charge is 2.26. The Hall–Kier alpha value is -1.01. The van der Waals surface area contributed by atoms with Gasteiger partial charge < -0.3 is 10.2 Å². The van der Waals surface area contributed by atoms with E-state index in [-0.39, 0.29) is 17.9 Å². The normalized spacial score (nSPS) is 25.2. The summed E-state index contributed by atoms with van der Waals surface area (Å²) in [5, 5.41) is 2.79. The van der Waals surface area contributed by atoms with Crippen LogP contribution in [0.4, 0.5) is 0 Å². The molecule has 1 N–H and O–H groups in total. The molecule has 1 rings (SSSR count). The Morgan fingerprint density at radius 1 is 1.77 bits per heavy atom. The third-order valence-electron chi connectivity index (χ3n) is 2.37. The van der Waals surface area contributed by atoms with Crippen LogP contribution in [0.2, 0.25) is 0 Å². The van der Waals surface area contributed by atoms with Crippen LogP contribution in [0, 0.1) is 18.3 Å². The molecule has 0 bridgehead atoms. The molecule has 0 radical (unpaired) electrons. The number of carbonyl (C=O) groups is 1. The summed E-state index contributed by atoms with van der Waals surface area (Å²) in [7, 11) is 2.03. The smallest absolute Gasteiger partial charge is 0.225 e. The van der Waals surface area contributed by atoms with E-state index < -0.39 is 0 Å². The lowest BCUT2D eigenvalue weighted by Crippen LogP contribution is -2.37. The minimum absolute atomic E-state index is 0.0924. The summed E-state index contributed by atoms with van der Waals surface area (Å²) in [5.74, 6) is 2.70. The van der Waals surface area contributed by atoms with E-state index in [9.17, 15) is 4.79 Å². The van der Waals surface area contributed by atoms with Crippen LogP contribution in [-0.2, 0) is 4.79 Å². The second-order valence-corrected chi connectivity index (χ2v) is 3.64. The molecule has 3 nitrogen and oxygen atoms in total. The van der Waals surface area contributed by atoms with Crippen LogP contribution < -0.4 is 5.32 Å². The highest BCUT2D eigenvalue weighted by atomic mass is 16.2. The van der Waals surface area contributed by atoms with E-state index in [1.54, 1.807) is 0 Å². The molecular formula is C10H16N2O. The number of rotatable bonds is 2. The molecule has 1 saturated heterocycles. The number of nitrogens with one attached hydrogen (secondary N) is 1. The number of amides is 1. The molecule has 0 aromatic heterocycles. The Labute approximate surface area is 79.5 Å². The van der Waals surface area contributed by atoms with Crippen LogP contribution in [0.3, 0.4) is 0 Å². The summed E-state index contributed by atoms with van der Waals surface area (Å²) >= 11 is 0. The fourth-order valence-electron chi connectivity index (χ4n) is 1.52. The number of hydrogen-bond acceptors (Lipinski definition) is 2. The molecule has 2 unspecified atom stereocenters. The van der Waals surface area contributed by atoms with Gasteiger partial charge in [0.2, 0.25) is 5.91 Å². The first-order valence-electron chi connectivity index (χ1n) is 4.58. The van der Waals surface area contributed by atoms with E-state index in [2.05, 4.69) is 16.1 Å². The summed E-state index contributed by atoms with van der Waals surface area (Å²) < 4.78 is 0. The van der Waals surface area contributed by atoms with E-state index in [0.29, 0.717) is 0 Å². The van der Waals surface area contributed by atoms with Crippen molar-refractivity contribution in [3.05, 3.63) is 0 Å². The largest absolute Gasteiger partial charge is 0.342 e. The average molecular weight is 180 g/mol. The van der Waals surface area contributed by atoms with Crippen molar-refractivity contribution in [2.75, 3.05) is 20.1 Å². The van der Waals surface area contributed by atoms with E-state index >= 15 is 0 Å². The van der Waals surface area contributed by atoms with Crippen molar-refractivity contribution >= 4 is 5.91 Å². The van der Waals surface area contributed by atoms with Gasteiger partial charge in [0.05, 0.1) is 12.0 Å². The molecule has 1 fully saturated rings. The summed E-state index contributed by atoms with van der Waals surface area (Å²) in [6.07, 6.45) is 6.12. The SMILES string of the molecule is C#CC(C)NC(=O)C1CCN(C)C1. The average Bonchev–Trinajstić information content (AvgIpc) is 2.51. The van der Waals surface area contributed by atoms with Crippen LogP contribution in [0.25, 0.3) is 0 Å². The zero-order valence-corrected chi connectivity index (χ0v) is 8.21. The van der Waals surface area contributed by atoms with Crippen LogP contribution in [-0.4, -0.2) is 37.0 Å². The van der Waals surface area contributed by atoms with Crippen molar-refractivity contribution in [1.29, 1.82) is 0 Å². The number of carbonyl (C=O) groups excluding carboxylic acids is 1. The summed E-state index contributed by atoms with van der Waals surface area (Å²) in [6.45, 7) is 3.67. The second-order valence-electron chi connectivity index (χ2n) is 3.64. The summed E-state index contributed by atoms with van der Waals surface area (Å²) in [6, 6.07) is -0.154. The van der Waals surface area contributed by atoms with Gasteiger partial charge >= 0.3 is 0 Å². The van der Waals surface area contributed by atoms with E-state index in [0.717, 1.165) is 19.5 Å². The molecule has 1 aliphatic rings. The molecule has 0 aromatic rings. The lowest BCUT2D eigenvalue weighted by Gasteiger charge is -2.12. The fraction of sp³-hybridized carbons (Fsp3) is 0.700. The van der Waals surface area contributed by atoms with Crippen molar-refractivity contribution in [2.45, 2.75) is 19.4 Å². The Bertz CT molecular complexity index is 232. The molecule has 0 spiro atoms. The first-order valence-corrected chi connectivity index (χ1v) is 4.58. The van der Waals surface area contributed by atoms with Gasteiger partial charge in [0.25, 0.3) is 0 Å². The van der Waals surface area contributed by atoms with Gasteiger partial charge in [-0.25, -0.2) is 0 Å². The van der Waals surface area contributed by atoms with Gasteiger partial charge in [-0.15, -0.1) is 6.42 Å². The highest BCUT2D eigenvalue weighted by Crippen LogP contribution is 2.14. The summed E-state index contributed by atoms with van der Waals surface area (Å²) in [4.78, 5) is 13.7. The second kappa shape index (κ2) is 4.29. The third-order valence-corrected chi connectivity index (χ3v) is 2.37. The van der Waals surface area contributed by atoms with E-state index in [1.165, 1.54) is 0 Å². The van der Waals surface area contributed by atoms with E-state index in [4.69, 9.17) is 6.42 Å². The van der Waals surface area contributed by atoms with Crippen LogP contribution in [0.1, 0.15) is 13.3 Å². The molecule has 13 heavy (non-hydrogen) atoms. The van der Waals surface area contributed by atoms with Crippen molar-refractivity contribution in [3.8, 4) is 12.3 Å². The zero-order chi connectivity index (χ0) is 9.84. The maximum absolute atomic E-state index is 11.5. The van der Waals surface area contributed by atoms with E-state index in [1.807, 2.05) is 14.0 Å². The van der Waals surface area contributed by atoms with Crippen molar-refractivity contribution in [2.24, 2.45) is 5.92 Å². The first kappa shape index (κ1) is 10.1. The van der Waals surface area contributed by atoms with Gasteiger partial charge in [-0.2, -0.15) is 0 Å². The topological polar surface area (TPSA) is 32.3 Å². The summed E-state index contributed by atoms with van der Waals surface area (Å²) in [5.41, 5.74) is 0. The third kappa shape index (κ3) is 2.74. The Kier molecular flexibility index (Phi) is 3.32. The van der Waals surface area contributed by atoms with Gasteiger partial charge in [-0.3, -0.25) is 4.79 Å². The zero-order valence-electron chi connectivity index (χ0n) is 8.21. The first-order chi connectivity index (χ1) is 6.13. The van der Waals surface area contributed by atoms with Gasteiger partial charge in [-0.05, 0) is 26.9 Å². The fourth-order valence-corrected chi connectivity index (χ4v) is 1.52. The molecular weight excluding hydrogens is 164 g/mol. The maximum Gasteiger partial charge on any atom is 0.225 e. The minimum Gasteiger partial charge on any atom is -0.342 e. The Morgan fingerprint density at radius 2 is 2.46 bits per heavy atom. The number of hydrogen-bond donors (Lipinski definition) is 1. The minimum atomic E-state index is -0.154. The van der Waals surface area contributed by atoms with Crippen molar-refractivity contribution in [3.63, 3.8) is 0 Å². The van der Waals surface area contributed by atoms with Gasteiger partial charge in [-0.1, -0.05) is 5.92 Å². The predicted octanol–water partition coefficient (Wildman–Crippen LogP) is 0.0760. The van der Waals surface area contributed by atoms with Crippen molar-refractivity contribution in [1.82, 2.24) is 10.2 Å². The number of likely N-dealkylation sites (tertiary alicyclic amines) is 1. The molecule has 2 atom stereocenters. The molecule has 3 heteroatoms. The highest BCUT2D eigenvalue weighted by molar-refractivity contribution is 5.79. The molecule has 0 aromatic carbocycles. The monoisotopic (exact) mass is 180 g/mol. The lowest BCUT2D eigenvalue weighted by molar-refractivity contribution is -0.124. The van der Waals surface area contributed by atoms with Gasteiger partial charge in [0.15, 0.2) is 0 Å². The molecule has 0 saturated carbocycles. The van der Waals surface area contributed by atoms with Crippen LogP contribution in [0.5, 0.6) is 0 Å². The molecule has 1 aliphatic heterocycles. The van der Waals surface area contributed by atoms with Crippen LogP contribution in [0.15, 0.2) is 0 Å². The molecule has 0 aliphatic carbocycles. The molecule has 72 valence electrons.